The zero-order chi connectivity index (χ0) is 8.36. The van der Waals surface area contributed by atoms with Crippen LogP contribution >= 0.6 is 0 Å². The molecule has 1 N–H and O–H groups in total. The van der Waals surface area contributed by atoms with E-state index in [-0.39, 0.29) is 5.84 Å². The normalized spacial score (nSPS) is 11.1. The van der Waals surface area contributed by atoms with Crippen LogP contribution in [0.15, 0.2) is 0 Å². The van der Waals surface area contributed by atoms with Crippen molar-refractivity contribution in [3.8, 4) is 0 Å². The zero-order valence-corrected chi connectivity index (χ0v) is 7.20. The van der Waals surface area contributed by atoms with E-state index in [4.69, 9.17) is 5.41 Å². The summed E-state index contributed by atoms with van der Waals surface area (Å²) < 4.78 is 22.4. The van der Waals surface area contributed by atoms with Crippen LogP contribution in [0.2, 0.25) is 0 Å². The van der Waals surface area contributed by atoms with Gasteiger partial charge in [0, 0.05) is 13.5 Å². The molecule has 0 aliphatic carbocycles. The number of rotatable bonds is 2. The van der Waals surface area contributed by atoms with Crippen LogP contribution in [-0.2, 0) is 10.0 Å². The van der Waals surface area contributed by atoms with Gasteiger partial charge in [0.25, 0.3) is 0 Å². The highest BCUT2D eigenvalue weighted by atomic mass is 32.2. The lowest BCUT2D eigenvalue weighted by Gasteiger charge is -2.15. The second-order valence-electron chi connectivity index (χ2n) is 2.03. The van der Waals surface area contributed by atoms with Gasteiger partial charge in [-0.2, -0.15) is 0 Å². The number of sulfonamides is 1. The molecule has 0 spiro atoms. The van der Waals surface area contributed by atoms with E-state index in [0.29, 0.717) is 6.42 Å². The molecule has 0 radical (unpaired) electrons. The highest BCUT2D eigenvalue weighted by Gasteiger charge is 2.11. The molecule has 60 valence electrons. The van der Waals surface area contributed by atoms with Crippen LogP contribution in [0.25, 0.3) is 0 Å². The fraction of sp³-hybridized carbons (Fsp3) is 0.800. The molecule has 0 fully saturated rings. The highest BCUT2D eigenvalue weighted by molar-refractivity contribution is 7.88. The molecule has 0 aliphatic rings. The minimum absolute atomic E-state index is 0.113. The quantitative estimate of drug-likeness (QED) is 0.470. The van der Waals surface area contributed by atoms with E-state index < -0.39 is 10.0 Å². The van der Waals surface area contributed by atoms with Crippen molar-refractivity contribution in [1.29, 1.82) is 5.41 Å². The van der Waals surface area contributed by atoms with Gasteiger partial charge < -0.3 is 0 Å². The molecule has 0 rings (SSSR count). The first-order valence-electron chi connectivity index (χ1n) is 2.91. The third-order valence-electron chi connectivity index (χ3n) is 1.21. The molecule has 0 aliphatic heterocycles. The second-order valence-corrected chi connectivity index (χ2v) is 4.04. The van der Waals surface area contributed by atoms with Gasteiger partial charge >= 0.3 is 0 Å². The van der Waals surface area contributed by atoms with Crippen LogP contribution in [0.4, 0.5) is 0 Å². The molecule has 0 heterocycles. The summed E-state index contributed by atoms with van der Waals surface area (Å²) in [4.78, 5) is 0. The summed E-state index contributed by atoms with van der Waals surface area (Å²) in [5, 5.41) is 7.15. The van der Waals surface area contributed by atoms with Gasteiger partial charge in [0.2, 0.25) is 10.0 Å². The molecule has 0 aromatic carbocycles. The predicted octanol–water partition coefficient (Wildman–Crippen LogP) is 0.265. The average molecular weight is 164 g/mol. The lowest BCUT2D eigenvalue weighted by atomic mass is 10.4. The van der Waals surface area contributed by atoms with Gasteiger partial charge in [0.1, 0.15) is 5.84 Å². The third-order valence-corrected chi connectivity index (χ3v) is 2.43. The van der Waals surface area contributed by atoms with E-state index >= 15 is 0 Å². The van der Waals surface area contributed by atoms with E-state index in [9.17, 15) is 8.42 Å². The summed E-state index contributed by atoms with van der Waals surface area (Å²) in [6, 6.07) is 0. The third kappa shape index (κ3) is 2.34. The molecule has 0 bridgehead atoms. The maximum Gasteiger partial charge on any atom is 0.232 e. The number of amidine groups is 1. The summed E-state index contributed by atoms with van der Waals surface area (Å²) in [5.41, 5.74) is 0. The number of hydrogen-bond donors (Lipinski definition) is 1. The van der Waals surface area contributed by atoms with E-state index in [1.165, 1.54) is 7.05 Å². The van der Waals surface area contributed by atoms with Crippen molar-refractivity contribution in [3.63, 3.8) is 0 Å². The van der Waals surface area contributed by atoms with Gasteiger partial charge in [-0.05, 0) is 0 Å². The van der Waals surface area contributed by atoms with Gasteiger partial charge in [-0.1, -0.05) is 6.92 Å². The van der Waals surface area contributed by atoms with Crippen molar-refractivity contribution in [1.82, 2.24) is 4.31 Å². The van der Waals surface area contributed by atoms with Crippen molar-refractivity contribution < 1.29 is 8.42 Å². The SMILES string of the molecule is CCC(=N)N(C)S(C)(=O)=O. The molecular formula is C5H12N2O2S. The van der Waals surface area contributed by atoms with Crippen LogP contribution in [0.1, 0.15) is 13.3 Å². The van der Waals surface area contributed by atoms with E-state index in [1.807, 2.05) is 0 Å². The molecule has 0 aromatic rings. The van der Waals surface area contributed by atoms with Gasteiger partial charge in [-0.3, -0.25) is 9.71 Å². The summed E-state index contributed by atoms with van der Waals surface area (Å²) in [7, 11) is -1.83. The topological polar surface area (TPSA) is 61.2 Å². The Morgan fingerprint density at radius 3 is 2.10 bits per heavy atom. The second kappa shape index (κ2) is 3.01. The minimum Gasteiger partial charge on any atom is -0.288 e. The summed E-state index contributed by atoms with van der Waals surface area (Å²) in [6.45, 7) is 1.74. The molecule has 0 saturated heterocycles. The van der Waals surface area contributed by atoms with Crippen molar-refractivity contribution in [2.75, 3.05) is 13.3 Å². The van der Waals surface area contributed by atoms with Crippen LogP contribution in [0.3, 0.4) is 0 Å². The first-order chi connectivity index (χ1) is 4.39. The van der Waals surface area contributed by atoms with Crippen LogP contribution in [0, 0.1) is 5.41 Å². The minimum atomic E-state index is -3.21. The predicted molar refractivity (Wildman–Crippen MR) is 40.6 cm³/mol. The first-order valence-corrected chi connectivity index (χ1v) is 4.75. The molecule has 0 aromatic heterocycles. The van der Waals surface area contributed by atoms with Gasteiger partial charge in [0.05, 0.1) is 6.26 Å². The van der Waals surface area contributed by atoms with E-state index in [0.717, 1.165) is 10.6 Å². The maximum absolute atomic E-state index is 10.7. The van der Waals surface area contributed by atoms with Gasteiger partial charge in [-0.25, -0.2) is 8.42 Å². The van der Waals surface area contributed by atoms with Crippen molar-refractivity contribution in [3.05, 3.63) is 0 Å². The molecular weight excluding hydrogens is 152 g/mol. The maximum atomic E-state index is 10.7. The van der Waals surface area contributed by atoms with Crippen molar-refractivity contribution in [2.45, 2.75) is 13.3 Å². The fourth-order valence-electron chi connectivity index (χ4n) is 0.423. The standard InChI is InChI=1S/C5H12N2O2S/c1-4-5(6)7(2)10(3,8)9/h6H,4H2,1-3H3. The Labute approximate surface area is 61.4 Å². The molecule has 0 amide bonds. The van der Waals surface area contributed by atoms with Crippen molar-refractivity contribution in [2.24, 2.45) is 0 Å². The van der Waals surface area contributed by atoms with Crippen LogP contribution < -0.4 is 0 Å². The van der Waals surface area contributed by atoms with Crippen molar-refractivity contribution >= 4 is 15.9 Å². The Balaban J connectivity index is 4.39. The Bertz CT molecular complexity index is 220. The highest BCUT2D eigenvalue weighted by Crippen LogP contribution is 1.96. The number of hydrogen-bond acceptors (Lipinski definition) is 3. The van der Waals surface area contributed by atoms with Crippen LogP contribution in [-0.4, -0.2) is 31.9 Å². The molecule has 4 nitrogen and oxygen atoms in total. The average Bonchev–Trinajstić information content (AvgIpc) is 1.83. The van der Waals surface area contributed by atoms with Gasteiger partial charge in [-0.15, -0.1) is 0 Å². The monoisotopic (exact) mass is 164 g/mol. The summed E-state index contributed by atoms with van der Waals surface area (Å²) in [6.07, 6.45) is 1.51. The Hall–Kier alpha value is -0.580. The Morgan fingerprint density at radius 1 is 1.60 bits per heavy atom. The Morgan fingerprint density at radius 2 is 2.00 bits per heavy atom. The lowest BCUT2D eigenvalue weighted by Crippen LogP contribution is -2.30. The lowest BCUT2D eigenvalue weighted by molar-refractivity contribution is 0.556. The van der Waals surface area contributed by atoms with E-state index in [2.05, 4.69) is 0 Å². The van der Waals surface area contributed by atoms with Gasteiger partial charge in [0.15, 0.2) is 0 Å². The smallest absolute Gasteiger partial charge is 0.232 e. The molecule has 0 atom stereocenters. The largest absolute Gasteiger partial charge is 0.288 e. The number of nitrogens with zero attached hydrogens (tertiary/aromatic N) is 1. The first kappa shape index (κ1) is 9.42. The molecule has 10 heavy (non-hydrogen) atoms. The number of nitrogens with one attached hydrogen (secondary N) is 1. The molecule has 5 heteroatoms. The van der Waals surface area contributed by atoms with E-state index in [1.54, 1.807) is 6.92 Å². The summed E-state index contributed by atoms with van der Waals surface area (Å²) >= 11 is 0. The molecule has 0 unspecified atom stereocenters. The fourth-order valence-corrected chi connectivity index (χ4v) is 0.952. The Kier molecular flexibility index (Phi) is 2.83. The molecule has 0 saturated carbocycles. The van der Waals surface area contributed by atoms with Crippen LogP contribution in [0.5, 0.6) is 0 Å². The zero-order valence-electron chi connectivity index (χ0n) is 6.38. The summed E-state index contributed by atoms with van der Waals surface area (Å²) in [5.74, 6) is 0.113.